The van der Waals surface area contributed by atoms with E-state index in [1.807, 2.05) is 0 Å². The van der Waals surface area contributed by atoms with Crippen molar-refractivity contribution in [2.24, 2.45) is 0 Å². The summed E-state index contributed by atoms with van der Waals surface area (Å²) in [5, 5.41) is 0.568. The number of rotatable bonds is 1. The van der Waals surface area contributed by atoms with E-state index in [0.29, 0.717) is 5.15 Å². The molecule has 0 N–H and O–H groups in total. The molecule has 2 aromatic rings. The van der Waals surface area contributed by atoms with Gasteiger partial charge in [-0.1, -0.05) is 0 Å². The minimum atomic E-state index is 0.192. The molecule has 1 saturated heterocycles. The molecule has 3 rings (SSSR count). The molecule has 78 valence electrons. The molecule has 0 saturated carbocycles. The average molecular weight is 288 g/mol. The first kappa shape index (κ1) is 9.58. The van der Waals surface area contributed by atoms with Gasteiger partial charge in [0.05, 0.1) is 0 Å². The van der Waals surface area contributed by atoms with Crippen LogP contribution < -0.4 is 4.90 Å². The SMILES string of the molecule is Clc1ncnc2nc(N3CCCC3)[se]c12. The molecule has 1 aliphatic heterocycles. The van der Waals surface area contributed by atoms with E-state index in [-0.39, 0.29) is 14.5 Å². The van der Waals surface area contributed by atoms with Crippen LogP contribution in [0.3, 0.4) is 0 Å². The van der Waals surface area contributed by atoms with Crippen LogP contribution in [0.15, 0.2) is 6.33 Å². The van der Waals surface area contributed by atoms with Gasteiger partial charge < -0.3 is 0 Å². The Morgan fingerprint density at radius 1 is 1.27 bits per heavy atom. The Kier molecular flexibility index (Phi) is 2.39. The zero-order valence-electron chi connectivity index (χ0n) is 7.98. The third kappa shape index (κ3) is 1.65. The fraction of sp³-hybridized carbons (Fsp3) is 0.444. The molecular formula is C9H9ClN4Se. The summed E-state index contributed by atoms with van der Waals surface area (Å²) in [5.41, 5.74) is 0.775. The fourth-order valence-electron chi connectivity index (χ4n) is 1.76. The number of hydrogen-bond acceptors (Lipinski definition) is 4. The van der Waals surface area contributed by atoms with Gasteiger partial charge in [0.15, 0.2) is 0 Å². The van der Waals surface area contributed by atoms with E-state index < -0.39 is 0 Å². The van der Waals surface area contributed by atoms with E-state index in [4.69, 9.17) is 11.6 Å². The predicted octanol–water partition coefficient (Wildman–Crippen LogP) is 1.34. The second-order valence-corrected chi connectivity index (χ2v) is 5.92. The van der Waals surface area contributed by atoms with Gasteiger partial charge in [0.25, 0.3) is 0 Å². The monoisotopic (exact) mass is 288 g/mol. The van der Waals surface area contributed by atoms with Crippen molar-refractivity contribution in [3.05, 3.63) is 11.5 Å². The maximum absolute atomic E-state index is 6.01. The van der Waals surface area contributed by atoms with Crippen LogP contribution in [0, 0.1) is 0 Å². The summed E-state index contributed by atoms with van der Waals surface area (Å²) in [6.45, 7) is 2.25. The first-order valence-electron chi connectivity index (χ1n) is 4.86. The summed E-state index contributed by atoms with van der Waals surface area (Å²) >= 11 is 6.21. The summed E-state index contributed by atoms with van der Waals surface area (Å²) in [6, 6.07) is 0. The molecule has 3 heterocycles. The van der Waals surface area contributed by atoms with Gasteiger partial charge in [0, 0.05) is 0 Å². The van der Waals surface area contributed by atoms with Crippen LogP contribution >= 0.6 is 11.6 Å². The van der Waals surface area contributed by atoms with Crippen molar-refractivity contribution in [2.75, 3.05) is 18.0 Å². The molecule has 0 amide bonds. The van der Waals surface area contributed by atoms with Gasteiger partial charge >= 0.3 is 98.0 Å². The molecule has 0 atom stereocenters. The minimum absolute atomic E-state index is 0.192. The Hall–Kier alpha value is -0.641. The molecular weight excluding hydrogens is 279 g/mol. The quantitative estimate of drug-likeness (QED) is 0.586. The Morgan fingerprint density at radius 3 is 2.80 bits per heavy atom. The number of anilines is 1. The number of nitrogens with zero attached hydrogens (tertiary/aromatic N) is 4. The summed E-state index contributed by atoms with van der Waals surface area (Å²) in [5.74, 6) is 0. The van der Waals surface area contributed by atoms with Crippen LogP contribution in [0.1, 0.15) is 12.8 Å². The fourth-order valence-corrected chi connectivity index (χ4v) is 4.09. The van der Waals surface area contributed by atoms with Crippen LogP contribution in [0.5, 0.6) is 0 Å². The van der Waals surface area contributed by atoms with Crippen LogP contribution in [0.2, 0.25) is 5.15 Å². The van der Waals surface area contributed by atoms with Crippen molar-refractivity contribution in [3.8, 4) is 0 Å². The molecule has 2 aromatic heterocycles. The van der Waals surface area contributed by atoms with Crippen molar-refractivity contribution in [3.63, 3.8) is 0 Å². The van der Waals surface area contributed by atoms with Crippen molar-refractivity contribution >= 4 is 40.7 Å². The first-order valence-corrected chi connectivity index (χ1v) is 6.96. The summed E-state index contributed by atoms with van der Waals surface area (Å²) in [4.78, 5) is 15.0. The van der Waals surface area contributed by atoms with Crippen molar-refractivity contribution in [2.45, 2.75) is 12.8 Å². The van der Waals surface area contributed by atoms with Crippen molar-refractivity contribution < 1.29 is 0 Å². The molecule has 15 heavy (non-hydrogen) atoms. The van der Waals surface area contributed by atoms with Crippen molar-refractivity contribution in [1.29, 1.82) is 0 Å². The van der Waals surface area contributed by atoms with Crippen LogP contribution in [0.4, 0.5) is 4.69 Å². The summed E-state index contributed by atoms with van der Waals surface area (Å²) in [7, 11) is 0. The molecule has 0 spiro atoms. The van der Waals surface area contributed by atoms with E-state index in [9.17, 15) is 0 Å². The topological polar surface area (TPSA) is 41.9 Å². The number of aromatic nitrogens is 3. The van der Waals surface area contributed by atoms with E-state index in [1.165, 1.54) is 19.2 Å². The van der Waals surface area contributed by atoms with Crippen LogP contribution in [-0.2, 0) is 0 Å². The maximum atomic E-state index is 6.01. The van der Waals surface area contributed by atoms with E-state index in [1.54, 1.807) is 0 Å². The van der Waals surface area contributed by atoms with Crippen LogP contribution in [-0.4, -0.2) is 42.5 Å². The second-order valence-electron chi connectivity index (χ2n) is 3.51. The van der Waals surface area contributed by atoms with Gasteiger partial charge in [0.2, 0.25) is 0 Å². The molecule has 0 radical (unpaired) electrons. The van der Waals surface area contributed by atoms with E-state index in [2.05, 4.69) is 19.9 Å². The third-order valence-corrected chi connectivity index (χ3v) is 5.39. The molecule has 0 bridgehead atoms. The van der Waals surface area contributed by atoms with E-state index in [0.717, 1.165) is 27.7 Å². The third-order valence-electron chi connectivity index (χ3n) is 2.51. The van der Waals surface area contributed by atoms with Gasteiger partial charge in [-0.05, 0) is 0 Å². The second kappa shape index (κ2) is 3.74. The normalized spacial score (nSPS) is 16.5. The van der Waals surface area contributed by atoms with Gasteiger partial charge in [-0.2, -0.15) is 0 Å². The van der Waals surface area contributed by atoms with Gasteiger partial charge in [0.1, 0.15) is 0 Å². The Morgan fingerprint density at radius 2 is 2.07 bits per heavy atom. The first-order chi connectivity index (χ1) is 7.34. The van der Waals surface area contributed by atoms with Gasteiger partial charge in [-0.25, -0.2) is 0 Å². The molecule has 6 heteroatoms. The summed E-state index contributed by atoms with van der Waals surface area (Å²) < 4.78 is 2.20. The van der Waals surface area contributed by atoms with E-state index >= 15 is 0 Å². The predicted molar refractivity (Wildman–Crippen MR) is 60.7 cm³/mol. The average Bonchev–Trinajstić information content (AvgIpc) is 2.86. The molecule has 1 fully saturated rings. The Labute approximate surface area is 98.0 Å². The summed E-state index contributed by atoms with van der Waals surface area (Å²) in [6.07, 6.45) is 4.02. The zero-order chi connectivity index (χ0) is 10.3. The number of hydrogen-bond donors (Lipinski definition) is 0. The van der Waals surface area contributed by atoms with Gasteiger partial charge in [-0.15, -0.1) is 0 Å². The number of halogens is 1. The van der Waals surface area contributed by atoms with Crippen LogP contribution in [0.25, 0.3) is 9.91 Å². The Balaban J connectivity index is 2.09. The molecule has 0 unspecified atom stereocenters. The van der Waals surface area contributed by atoms with Gasteiger partial charge in [-0.3, -0.25) is 0 Å². The number of fused-ring (bicyclic) bond motifs is 1. The Bertz CT molecular complexity index is 492. The molecule has 1 aliphatic rings. The standard InChI is InChI=1S/C9H9ClN4Se/c10-7-6-8(12-5-11-7)13-9(15-6)14-3-1-2-4-14/h5H,1-4H2. The zero-order valence-corrected chi connectivity index (χ0v) is 10.4. The molecule has 4 nitrogen and oxygen atoms in total. The molecule has 0 aromatic carbocycles. The van der Waals surface area contributed by atoms with Crippen molar-refractivity contribution in [1.82, 2.24) is 15.0 Å². The molecule has 0 aliphatic carbocycles.